The van der Waals surface area contributed by atoms with Crippen LogP contribution in [0, 0.1) is 0 Å². The molecule has 0 radical (unpaired) electrons. The maximum atomic E-state index is 5.04. The van der Waals surface area contributed by atoms with Gasteiger partial charge in [-0.05, 0) is 0 Å². The molecular weight excluding hydrogens is 136 g/mol. The Hall–Kier alpha value is 0.254. The van der Waals surface area contributed by atoms with E-state index in [1.54, 1.807) is 6.26 Å². The van der Waals surface area contributed by atoms with E-state index < -0.39 is 0 Å². The van der Waals surface area contributed by atoms with Crippen LogP contribution in [0.25, 0.3) is 0 Å². The van der Waals surface area contributed by atoms with Crippen LogP contribution in [-0.2, 0) is 25.2 Å². The first-order valence-corrected chi connectivity index (χ1v) is 3.93. The molecule has 0 spiro atoms. The molecule has 0 amide bonds. The Morgan fingerprint density at radius 3 is 2.88 bits per heavy atom. The second-order valence-electron chi connectivity index (χ2n) is 1.45. The fourth-order valence-corrected chi connectivity index (χ4v) is 0.452. The van der Waals surface area contributed by atoms with Crippen molar-refractivity contribution in [2.75, 3.05) is 6.61 Å². The van der Waals surface area contributed by atoms with Crippen molar-refractivity contribution in [1.29, 1.82) is 0 Å². The number of ether oxygens (including phenoxy) is 1. The van der Waals surface area contributed by atoms with Crippen LogP contribution in [0.2, 0.25) is 4.73 Å². The van der Waals surface area contributed by atoms with E-state index >= 15 is 0 Å². The van der Waals surface area contributed by atoms with Crippen LogP contribution >= 0.6 is 0 Å². The molecule has 0 saturated carbocycles. The van der Waals surface area contributed by atoms with Crippen molar-refractivity contribution in [1.82, 2.24) is 0 Å². The van der Waals surface area contributed by atoms with Crippen LogP contribution in [0.1, 0.15) is 13.3 Å². The van der Waals surface area contributed by atoms with Gasteiger partial charge in [0.2, 0.25) is 0 Å². The fourth-order valence-electron chi connectivity index (χ4n) is 0.302. The molecule has 2 heteroatoms. The van der Waals surface area contributed by atoms with Gasteiger partial charge >= 0.3 is 62.2 Å². The number of hydrogen-bond acceptors (Lipinski definition) is 1. The predicted octanol–water partition coefficient (Wildman–Crippen LogP) is 1.89. The molecule has 0 unspecified atom stereocenters. The molecule has 0 N–H and O–H groups in total. The van der Waals surface area contributed by atoms with Gasteiger partial charge in [-0.25, -0.2) is 0 Å². The SMILES string of the molecule is CCCOC=C[CH2][Ti]. The van der Waals surface area contributed by atoms with E-state index in [0.717, 1.165) is 17.8 Å². The Morgan fingerprint density at radius 2 is 2.38 bits per heavy atom. The van der Waals surface area contributed by atoms with Crippen LogP contribution in [0.3, 0.4) is 0 Å². The summed E-state index contributed by atoms with van der Waals surface area (Å²) in [5.41, 5.74) is 0. The van der Waals surface area contributed by atoms with Crippen molar-refractivity contribution in [2.24, 2.45) is 0 Å². The zero-order valence-corrected chi connectivity index (χ0v) is 6.75. The molecule has 0 saturated heterocycles. The van der Waals surface area contributed by atoms with Gasteiger partial charge in [-0.1, -0.05) is 0 Å². The summed E-state index contributed by atoms with van der Waals surface area (Å²) in [5, 5.41) is 0. The Labute approximate surface area is 62.5 Å². The summed E-state index contributed by atoms with van der Waals surface area (Å²) >= 11 is 2.09. The average Bonchev–Trinajstić information content (AvgIpc) is 1.81. The standard InChI is InChI=1S/C6H11O.Ti/c1-3-5-7-6-4-2;/h3,5H,1,4,6H2,2H3;. The first-order valence-electron chi connectivity index (χ1n) is 2.83. The van der Waals surface area contributed by atoms with Crippen LogP contribution in [0.15, 0.2) is 12.3 Å². The van der Waals surface area contributed by atoms with Crippen LogP contribution in [0.4, 0.5) is 0 Å². The Kier molecular flexibility index (Phi) is 7.48. The summed E-state index contributed by atoms with van der Waals surface area (Å²) in [5.74, 6) is 0. The van der Waals surface area contributed by atoms with Gasteiger partial charge in [0.05, 0.1) is 0 Å². The van der Waals surface area contributed by atoms with Crippen molar-refractivity contribution < 1.29 is 25.2 Å². The first-order chi connectivity index (χ1) is 3.91. The van der Waals surface area contributed by atoms with Crippen LogP contribution in [-0.4, -0.2) is 6.61 Å². The van der Waals surface area contributed by atoms with E-state index in [-0.39, 0.29) is 0 Å². The normalized spacial score (nSPS) is 10.0. The average molecular weight is 147 g/mol. The third-order valence-electron chi connectivity index (χ3n) is 0.632. The van der Waals surface area contributed by atoms with Gasteiger partial charge in [-0.2, -0.15) is 0 Å². The molecule has 0 heterocycles. The van der Waals surface area contributed by atoms with Crippen molar-refractivity contribution in [3.05, 3.63) is 12.3 Å². The summed E-state index contributed by atoms with van der Waals surface area (Å²) in [6, 6.07) is 0. The molecule has 0 bridgehead atoms. The number of rotatable bonds is 4. The third kappa shape index (κ3) is 6.25. The number of hydrogen-bond donors (Lipinski definition) is 0. The van der Waals surface area contributed by atoms with E-state index in [4.69, 9.17) is 4.74 Å². The molecular formula is C6H11OTi. The Balaban J connectivity index is 2.80. The molecule has 0 aliphatic carbocycles. The fraction of sp³-hybridized carbons (Fsp3) is 0.667. The van der Waals surface area contributed by atoms with Crippen LogP contribution < -0.4 is 0 Å². The van der Waals surface area contributed by atoms with Gasteiger partial charge in [0.15, 0.2) is 0 Å². The number of allylic oxidation sites excluding steroid dienone is 1. The van der Waals surface area contributed by atoms with Crippen molar-refractivity contribution >= 4 is 0 Å². The van der Waals surface area contributed by atoms with Gasteiger partial charge < -0.3 is 0 Å². The molecule has 1 nitrogen and oxygen atoms in total. The van der Waals surface area contributed by atoms with E-state index in [1.807, 2.05) is 6.08 Å². The monoisotopic (exact) mass is 147 g/mol. The van der Waals surface area contributed by atoms with Crippen molar-refractivity contribution in [3.63, 3.8) is 0 Å². The first kappa shape index (κ1) is 8.25. The van der Waals surface area contributed by atoms with E-state index in [9.17, 15) is 0 Å². The third-order valence-corrected chi connectivity index (χ3v) is 1.00. The van der Waals surface area contributed by atoms with Gasteiger partial charge in [-0.15, -0.1) is 0 Å². The zero-order chi connectivity index (χ0) is 6.24. The molecule has 0 aliphatic rings. The second kappa shape index (κ2) is 7.25. The quantitative estimate of drug-likeness (QED) is 0.335. The predicted molar refractivity (Wildman–Crippen MR) is 30.2 cm³/mol. The molecule has 8 heavy (non-hydrogen) atoms. The van der Waals surface area contributed by atoms with Gasteiger partial charge in [0.25, 0.3) is 0 Å². The summed E-state index contributed by atoms with van der Waals surface area (Å²) in [6.45, 7) is 2.94. The zero-order valence-electron chi connectivity index (χ0n) is 5.18. The molecule has 0 aromatic carbocycles. The van der Waals surface area contributed by atoms with Crippen molar-refractivity contribution in [3.8, 4) is 0 Å². The van der Waals surface area contributed by atoms with Crippen LogP contribution in [0.5, 0.6) is 0 Å². The minimum atomic E-state index is 0.844. The molecule has 0 atom stereocenters. The summed E-state index contributed by atoms with van der Waals surface area (Å²) in [6.07, 6.45) is 4.87. The van der Waals surface area contributed by atoms with Gasteiger partial charge in [0.1, 0.15) is 0 Å². The molecule has 0 aromatic rings. The van der Waals surface area contributed by atoms with E-state index in [0.29, 0.717) is 0 Å². The molecule has 45 valence electrons. The molecule has 0 rings (SSSR count). The van der Waals surface area contributed by atoms with Gasteiger partial charge in [-0.3, -0.25) is 0 Å². The maximum absolute atomic E-state index is 5.04. The Morgan fingerprint density at radius 1 is 1.62 bits per heavy atom. The second-order valence-corrected chi connectivity index (χ2v) is 2.08. The molecule has 0 fully saturated rings. The summed E-state index contributed by atoms with van der Waals surface area (Å²) in [7, 11) is 0. The topological polar surface area (TPSA) is 9.23 Å². The Bertz CT molecular complexity index is 61.5. The van der Waals surface area contributed by atoms with Crippen molar-refractivity contribution in [2.45, 2.75) is 18.1 Å². The van der Waals surface area contributed by atoms with E-state index in [2.05, 4.69) is 27.4 Å². The van der Waals surface area contributed by atoms with Gasteiger partial charge in [0, 0.05) is 0 Å². The summed E-state index contributed by atoms with van der Waals surface area (Å²) < 4.78 is 6.10. The van der Waals surface area contributed by atoms with E-state index in [1.165, 1.54) is 0 Å². The summed E-state index contributed by atoms with van der Waals surface area (Å²) in [4.78, 5) is 0. The molecule has 0 aromatic heterocycles. The molecule has 0 aliphatic heterocycles. The minimum absolute atomic E-state index is 0.844.